The van der Waals surface area contributed by atoms with Crippen molar-refractivity contribution >= 4 is 5.97 Å². The second-order valence-electron chi connectivity index (χ2n) is 9.89. The molecule has 3 fully saturated rings. The third-order valence-electron chi connectivity index (χ3n) is 7.88. The highest BCUT2D eigenvalue weighted by molar-refractivity contribution is 5.76. The van der Waals surface area contributed by atoms with Gasteiger partial charge in [-0.2, -0.15) is 0 Å². The van der Waals surface area contributed by atoms with Crippen LogP contribution in [0.5, 0.6) is 0 Å². The Balaban J connectivity index is 1.15. The number of esters is 1. The summed E-state index contributed by atoms with van der Waals surface area (Å²) in [6.45, 7) is 6.21. The molecule has 4 aliphatic rings. The molecule has 0 radical (unpaired) electrons. The molecule has 2 bridgehead atoms. The molecule has 0 N–H and O–H groups in total. The minimum absolute atomic E-state index is 0.0724. The van der Waals surface area contributed by atoms with Crippen LogP contribution < -0.4 is 5.56 Å². The van der Waals surface area contributed by atoms with E-state index in [1.807, 2.05) is 18.4 Å². The number of nitrogens with zero attached hydrogens (tertiary/aromatic N) is 3. The van der Waals surface area contributed by atoms with E-state index in [-0.39, 0.29) is 17.4 Å². The van der Waals surface area contributed by atoms with E-state index in [2.05, 4.69) is 20.4 Å². The van der Waals surface area contributed by atoms with Crippen LogP contribution >= 0.6 is 0 Å². The van der Waals surface area contributed by atoms with E-state index >= 15 is 0 Å². The lowest BCUT2D eigenvalue weighted by atomic mass is 9.83. The lowest BCUT2D eigenvalue weighted by molar-refractivity contribution is -0.143. The fraction of sp³-hybridized carbons (Fsp3) is 0.583. The molecule has 164 valence electrons. The summed E-state index contributed by atoms with van der Waals surface area (Å²) in [5.41, 5.74) is 3.47. The molecule has 1 unspecified atom stereocenters. The van der Waals surface area contributed by atoms with E-state index in [1.165, 1.54) is 24.8 Å². The summed E-state index contributed by atoms with van der Waals surface area (Å²) in [5, 5.41) is 0. The molecule has 0 amide bonds. The van der Waals surface area contributed by atoms with Crippen molar-refractivity contribution in [3.05, 3.63) is 57.9 Å². The lowest BCUT2D eigenvalue weighted by Crippen LogP contribution is -2.47. The Kier molecular flexibility index (Phi) is 4.58. The molecular weight excluding hydrogens is 394 g/mol. The number of aromatic nitrogens is 1. The number of fused-ring (bicyclic) bond motifs is 5. The number of carbonyl (C=O) groups is 1. The number of hydrogen-bond donors (Lipinski definition) is 0. The molecule has 3 aliphatic heterocycles. The number of hydrogen-bond acceptors (Lipinski definition) is 6. The molecule has 0 aromatic carbocycles. The molecule has 1 saturated carbocycles. The zero-order valence-electron chi connectivity index (χ0n) is 17.9. The Morgan fingerprint density at radius 2 is 1.87 bits per heavy atom. The zero-order chi connectivity index (χ0) is 21.1. The van der Waals surface area contributed by atoms with Crippen LogP contribution in [-0.4, -0.2) is 53.6 Å². The maximum Gasteiger partial charge on any atom is 0.309 e. The minimum atomic E-state index is -0.0724. The summed E-state index contributed by atoms with van der Waals surface area (Å²) in [6, 6.07) is 6.27. The Morgan fingerprint density at radius 3 is 2.61 bits per heavy atom. The standard InChI is InChI=1S/C24H29N3O4/c1-30-24(29)22-19-12-26(13-20(19)22)10-17-2-3-21-18-6-16(9-27(21)23(17)28)8-25(11-18)7-15-4-5-31-14-15/h2-5,14,16,18-20,22H,6-13H2,1H3/t16-,18+,19-,20+,22?/m0/s1. The van der Waals surface area contributed by atoms with E-state index < -0.39 is 0 Å². The third-order valence-corrected chi connectivity index (χ3v) is 7.88. The van der Waals surface area contributed by atoms with Gasteiger partial charge < -0.3 is 13.7 Å². The first-order valence-electron chi connectivity index (χ1n) is 11.4. The number of methoxy groups -OCH3 is 1. The molecule has 1 aliphatic carbocycles. The second-order valence-corrected chi connectivity index (χ2v) is 9.89. The molecule has 2 saturated heterocycles. The zero-order valence-corrected chi connectivity index (χ0v) is 17.9. The number of rotatable bonds is 5. The Labute approximate surface area is 181 Å². The SMILES string of the molecule is COC(=O)C1[C@H]2CN(Cc3ccc4n(c3=O)C[C@H]3C[C@@H]4CN(Cc4ccoc4)C3)C[C@@H]12. The van der Waals surface area contributed by atoms with E-state index in [1.54, 1.807) is 6.26 Å². The number of furan rings is 1. The number of pyridine rings is 1. The summed E-state index contributed by atoms with van der Waals surface area (Å²) >= 11 is 0. The molecule has 5 atom stereocenters. The normalized spacial score (nSPS) is 31.8. The van der Waals surface area contributed by atoms with E-state index in [9.17, 15) is 9.59 Å². The minimum Gasteiger partial charge on any atom is -0.472 e. The summed E-state index contributed by atoms with van der Waals surface area (Å²) in [4.78, 5) is 29.9. The highest BCUT2D eigenvalue weighted by atomic mass is 16.5. The summed E-state index contributed by atoms with van der Waals surface area (Å²) in [6.07, 6.45) is 4.73. The van der Waals surface area contributed by atoms with Crippen LogP contribution in [0.15, 0.2) is 39.9 Å². The summed E-state index contributed by atoms with van der Waals surface area (Å²) in [5.74, 6) is 1.77. The van der Waals surface area contributed by atoms with Gasteiger partial charge in [0.15, 0.2) is 0 Å². The molecule has 31 heavy (non-hydrogen) atoms. The van der Waals surface area contributed by atoms with Gasteiger partial charge in [0, 0.05) is 68.6 Å². The quantitative estimate of drug-likeness (QED) is 0.685. The van der Waals surface area contributed by atoms with Gasteiger partial charge in [-0.05, 0) is 36.3 Å². The van der Waals surface area contributed by atoms with Crippen LogP contribution in [0.25, 0.3) is 0 Å². The lowest BCUT2D eigenvalue weighted by Gasteiger charge is -2.43. The van der Waals surface area contributed by atoms with Gasteiger partial charge in [0.2, 0.25) is 0 Å². The van der Waals surface area contributed by atoms with Crippen LogP contribution in [0.3, 0.4) is 0 Å². The van der Waals surface area contributed by atoms with Crippen molar-refractivity contribution in [2.45, 2.75) is 32.0 Å². The molecule has 7 heteroatoms. The monoisotopic (exact) mass is 423 g/mol. The van der Waals surface area contributed by atoms with Gasteiger partial charge in [-0.3, -0.25) is 19.4 Å². The van der Waals surface area contributed by atoms with Crippen molar-refractivity contribution in [3.63, 3.8) is 0 Å². The van der Waals surface area contributed by atoms with E-state index in [0.29, 0.717) is 30.2 Å². The van der Waals surface area contributed by atoms with Gasteiger partial charge in [0.1, 0.15) is 0 Å². The fourth-order valence-electron chi connectivity index (χ4n) is 6.45. The largest absolute Gasteiger partial charge is 0.472 e. The Morgan fingerprint density at radius 1 is 1.06 bits per heavy atom. The van der Waals surface area contributed by atoms with Gasteiger partial charge in [0.05, 0.1) is 25.6 Å². The Bertz CT molecular complexity index is 1030. The van der Waals surface area contributed by atoms with Gasteiger partial charge in [-0.15, -0.1) is 0 Å². The van der Waals surface area contributed by atoms with Crippen molar-refractivity contribution < 1.29 is 13.9 Å². The number of carbonyl (C=O) groups excluding carboxylic acids is 1. The van der Waals surface area contributed by atoms with Crippen molar-refractivity contribution in [1.82, 2.24) is 14.4 Å². The second kappa shape index (κ2) is 7.35. The molecule has 2 aromatic heterocycles. The fourth-order valence-corrected chi connectivity index (χ4v) is 6.45. The predicted molar refractivity (Wildman–Crippen MR) is 113 cm³/mol. The van der Waals surface area contributed by atoms with Crippen LogP contribution in [0, 0.1) is 23.7 Å². The highest BCUT2D eigenvalue weighted by Crippen LogP contribution is 2.52. The van der Waals surface area contributed by atoms with Crippen LogP contribution in [0.2, 0.25) is 0 Å². The van der Waals surface area contributed by atoms with Gasteiger partial charge in [-0.1, -0.05) is 6.07 Å². The first-order valence-corrected chi connectivity index (χ1v) is 11.4. The predicted octanol–water partition coefficient (Wildman–Crippen LogP) is 1.91. The third kappa shape index (κ3) is 3.34. The first-order chi connectivity index (χ1) is 15.1. The maximum absolute atomic E-state index is 13.3. The van der Waals surface area contributed by atoms with Crippen molar-refractivity contribution in [2.75, 3.05) is 33.3 Å². The van der Waals surface area contributed by atoms with Gasteiger partial charge in [0.25, 0.3) is 5.56 Å². The van der Waals surface area contributed by atoms with Crippen molar-refractivity contribution in [2.24, 2.45) is 23.7 Å². The molecule has 0 spiro atoms. The summed E-state index contributed by atoms with van der Waals surface area (Å²) in [7, 11) is 1.47. The molecule has 7 nitrogen and oxygen atoms in total. The van der Waals surface area contributed by atoms with E-state index in [0.717, 1.165) is 44.8 Å². The van der Waals surface area contributed by atoms with Crippen LogP contribution in [-0.2, 0) is 29.2 Å². The topological polar surface area (TPSA) is 67.9 Å². The molecular formula is C24H29N3O4. The van der Waals surface area contributed by atoms with Gasteiger partial charge >= 0.3 is 5.97 Å². The van der Waals surface area contributed by atoms with Gasteiger partial charge in [-0.25, -0.2) is 0 Å². The first kappa shape index (κ1) is 19.3. The number of ether oxygens (including phenoxy) is 1. The number of piperidine rings is 2. The van der Waals surface area contributed by atoms with Crippen LogP contribution in [0.4, 0.5) is 0 Å². The maximum atomic E-state index is 13.3. The average Bonchev–Trinajstić information content (AvgIpc) is 3.10. The van der Waals surface area contributed by atoms with Crippen molar-refractivity contribution in [3.8, 4) is 0 Å². The smallest absolute Gasteiger partial charge is 0.309 e. The summed E-state index contributed by atoms with van der Waals surface area (Å²) < 4.78 is 12.2. The Hall–Kier alpha value is -2.38. The van der Waals surface area contributed by atoms with E-state index in [4.69, 9.17) is 9.15 Å². The molecule has 5 heterocycles. The molecule has 6 rings (SSSR count). The van der Waals surface area contributed by atoms with Crippen molar-refractivity contribution in [1.29, 1.82) is 0 Å². The average molecular weight is 424 g/mol. The van der Waals surface area contributed by atoms with Crippen LogP contribution in [0.1, 0.15) is 29.2 Å². The highest BCUT2D eigenvalue weighted by Gasteiger charge is 2.60. The molecule has 2 aromatic rings. The number of likely N-dealkylation sites (tertiary alicyclic amines) is 2.